The zero-order valence-electron chi connectivity index (χ0n) is 15.9. The number of rotatable bonds is 5. The molecule has 0 unspecified atom stereocenters. The molecule has 0 aliphatic rings. The second-order valence-electron chi connectivity index (χ2n) is 6.23. The lowest BCUT2D eigenvalue weighted by atomic mass is 10.1. The van der Waals surface area contributed by atoms with Crippen LogP contribution in [0.4, 0.5) is 5.69 Å². The smallest absolute Gasteiger partial charge is 0.343 e. The van der Waals surface area contributed by atoms with Gasteiger partial charge in [-0.2, -0.15) is 0 Å². The summed E-state index contributed by atoms with van der Waals surface area (Å²) in [5, 5.41) is 11.5. The van der Waals surface area contributed by atoms with Crippen molar-refractivity contribution in [1.29, 1.82) is 0 Å². The molecule has 0 atom stereocenters. The van der Waals surface area contributed by atoms with Crippen LogP contribution in [0.5, 0.6) is 5.75 Å². The quantitative estimate of drug-likeness (QED) is 0.264. The van der Waals surface area contributed by atoms with Gasteiger partial charge in [0.25, 0.3) is 5.69 Å². The Morgan fingerprint density at radius 1 is 1.17 bits per heavy atom. The highest BCUT2D eigenvalue weighted by Gasteiger charge is 2.21. The number of halogens is 1. The minimum Gasteiger partial charge on any atom is -0.462 e. The van der Waals surface area contributed by atoms with Gasteiger partial charge in [0.2, 0.25) is 0 Å². The number of ether oxygens (including phenoxy) is 2. The van der Waals surface area contributed by atoms with E-state index in [4.69, 9.17) is 21.1 Å². The number of aromatic nitrogens is 1. The van der Waals surface area contributed by atoms with Gasteiger partial charge in [-0.3, -0.25) is 10.1 Å². The van der Waals surface area contributed by atoms with Crippen molar-refractivity contribution in [3.63, 3.8) is 0 Å². The second-order valence-corrected chi connectivity index (χ2v) is 6.64. The third kappa shape index (κ3) is 3.79. The molecule has 0 saturated carbocycles. The molecule has 150 valence electrons. The molecule has 0 spiro atoms. The summed E-state index contributed by atoms with van der Waals surface area (Å²) in [6.45, 7) is 3.75. The van der Waals surface area contributed by atoms with Gasteiger partial charge in [-0.15, -0.1) is 0 Å². The monoisotopic (exact) mass is 416 g/mol. The normalized spacial score (nSPS) is 10.8. The maximum absolute atomic E-state index is 12.4. The summed E-state index contributed by atoms with van der Waals surface area (Å²) in [5.74, 6) is -1.06. The van der Waals surface area contributed by atoms with E-state index in [-0.39, 0.29) is 28.6 Å². The van der Waals surface area contributed by atoms with E-state index in [0.29, 0.717) is 10.9 Å². The van der Waals surface area contributed by atoms with Crippen molar-refractivity contribution < 1.29 is 24.0 Å². The van der Waals surface area contributed by atoms with Crippen LogP contribution in [0.2, 0.25) is 5.02 Å². The van der Waals surface area contributed by atoms with Crippen LogP contribution < -0.4 is 4.74 Å². The van der Waals surface area contributed by atoms with Gasteiger partial charge in [0.05, 0.1) is 22.7 Å². The fourth-order valence-corrected chi connectivity index (χ4v) is 3.21. The van der Waals surface area contributed by atoms with Gasteiger partial charge in [0.1, 0.15) is 10.8 Å². The molecule has 9 heteroatoms. The Hall–Kier alpha value is -3.39. The second kappa shape index (κ2) is 7.92. The molecule has 3 aromatic rings. The largest absolute Gasteiger partial charge is 0.462 e. The molecule has 0 radical (unpaired) electrons. The van der Waals surface area contributed by atoms with E-state index in [1.807, 2.05) is 11.6 Å². The summed E-state index contributed by atoms with van der Waals surface area (Å²) in [6, 6.07) is 8.53. The zero-order valence-corrected chi connectivity index (χ0v) is 16.6. The third-order valence-electron chi connectivity index (χ3n) is 4.53. The highest BCUT2D eigenvalue weighted by atomic mass is 35.5. The highest BCUT2D eigenvalue weighted by Crippen LogP contribution is 2.30. The number of nitro benzene ring substituents is 1. The van der Waals surface area contributed by atoms with Gasteiger partial charge in [0.15, 0.2) is 0 Å². The standard InChI is InChI=1S/C20H17ClN2O6/c1-4-28-20(25)18-11(2)22(3)16-8-6-13(10-14(16)18)29-19(24)12-5-7-15(21)17(9-12)23(26)27/h5-10H,4H2,1-3H3. The Bertz CT molecular complexity index is 1150. The number of nitro groups is 1. The molecule has 2 aromatic carbocycles. The Balaban J connectivity index is 1.98. The van der Waals surface area contributed by atoms with E-state index in [9.17, 15) is 19.7 Å². The summed E-state index contributed by atoms with van der Waals surface area (Å²) in [6.07, 6.45) is 0. The van der Waals surface area contributed by atoms with Gasteiger partial charge < -0.3 is 14.0 Å². The predicted molar refractivity (Wildman–Crippen MR) is 107 cm³/mol. The number of nitrogens with zero attached hydrogens (tertiary/aromatic N) is 2. The van der Waals surface area contributed by atoms with Crippen molar-refractivity contribution in [3.8, 4) is 5.75 Å². The Labute approximate surface area is 170 Å². The topological polar surface area (TPSA) is 101 Å². The average molecular weight is 417 g/mol. The van der Waals surface area contributed by atoms with Gasteiger partial charge in [-0.1, -0.05) is 11.6 Å². The molecular formula is C20H17ClN2O6. The minimum absolute atomic E-state index is 0.0175. The number of hydrogen-bond acceptors (Lipinski definition) is 6. The van der Waals surface area contributed by atoms with Gasteiger partial charge in [-0.05, 0) is 44.2 Å². The third-order valence-corrected chi connectivity index (χ3v) is 4.85. The number of carbonyl (C=O) groups excluding carboxylic acids is 2. The zero-order chi connectivity index (χ0) is 21.3. The number of aryl methyl sites for hydroxylation is 1. The first-order chi connectivity index (χ1) is 13.7. The lowest BCUT2D eigenvalue weighted by Crippen LogP contribution is -2.09. The van der Waals surface area contributed by atoms with Crippen LogP contribution in [0.25, 0.3) is 10.9 Å². The molecule has 8 nitrogen and oxygen atoms in total. The SMILES string of the molecule is CCOC(=O)c1c(C)n(C)c2ccc(OC(=O)c3ccc(Cl)c([N+](=O)[O-])c3)cc12. The Kier molecular flexibility index (Phi) is 5.56. The van der Waals surface area contributed by atoms with Crippen LogP contribution in [0.15, 0.2) is 36.4 Å². The van der Waals surface area contributed by atoms with Gasteiger partial charge in [-0.25, -0.2) is 9.59 Å². The van der Waals surface area contributed by atoms with Crippen molar-refractivity contribution in [3.05, 3.63) is 68.4 Å². The van der Waals surface area contributed by atoms with Crippen molar-refractivity contribution in [2.24, 2.45) is 7.05 Å². The molecule has 0 N–H and O–H groups in total. The number of fused-ring (bicyclic) bond motifs is 1. The average Bonchev–Trinajstić information content (AvgIpc) is 2.92. The first-order valence-electron chi connectivity index (χ1n) is 8.66. The molecule has 0 bridgehead atoms. The summed E-state index contributed by atoms with van der Waals surface area (Å²) in [5.41, 5.74) is 1.48. The molecule has 1 aromatic heterocycles. The van der Waals surface area contributed by atoms with Crippen LogP contribution in [-0.4, -0.2) is 28.0 Å². The summed E-state index contributed by atoms with van der Waals surface area (Å²) >= 11 is 5.77. The van der Waals surface area contributed by atoms with Gasteiger partial charge in [0, 0.05) is 29.7 Å². The first-order valence-corrected chi connectivity index (χ1v) is 9.04. The molecule has 0 fully saturated rings. The molecule has 0 aliphatic carbocycles. The van der Waals surface area contributed by atoms with Crippen LogP contribution in [0.3, 0.4) is 0 Å². The van der Waals surface area contributed by atoms with E-state index in [1.165, 1.54) is 12.1 Å². The summed E-state index contributed by atoms with van der Waals surface area (Å²) < 4.78 is 12.3. The van der Waals surface area contributed by atoms with Crippen LogP contribution >= 0.6 is 11.6 Å². The maximum Gasteiger partial charge on any atom is 0.343 e. The molecule has 0 amide bonds. The van der Waals surface area contributed by atoms with Crippen LogP contribution in [0, 0.1) is 17.0 Å². The van der Waals surface area contributed by atoms with Gasteiger partial charge >= 0.3 is 11.9 Å². The number of esters is 2. The molecule has 0 aliphatic heterocycles. The molecule has 29 heavy (non-hydrogen) atoms. The predicted octanol–water partition coefficient (Wildman–Crippen LogP) is 4.44. The molecule has 0 saturated heterocycles. The van der Waals surface area contributed by atoms with Crippen molar-refractivity contribution in [1.82, 2.24) is 4.57 Å². The van der Waals surface area contributed by atoms with Crippen molar-refractivity contribution >= 4 is 40.1 Å². The molecule has 1 heterocycles. The molecule has 3 rings (SSSR count). The maximum atomic E-state index is 12.4. The summed E-state index contributed by atoms with van der Waals surface area (Å²) in [4.78, 5) is 35.1. The number of hydrogen-bond donors (Lipinski definition) is 0. The van der Waals surface area contributed by atoms with Crippen molar-refractivity contribution in [2.45, 2.75) is 13.8 Å². The number of carbonyl (C=O) groups is 2. The Morgan fingerprint density at radius 2 is 1.90 bits per heavy atom. The Morgan fingerprint density at radius 3 is 2.55 bits per heavy atom. The first kappa shape index (κ1) is 20.3. The lowest BCUT2D eigenvalue weighted by Gasteiger charge is -2.06. The molecular weight excluding hydrogens is 400 g/mol. The highest BCUT2D eigenvalue weighted by molar-refractivity contribution is 6.32. The van der Waals surface area contributed by atoms with Crippen LogP contribution in [-0.2, 0) is 11.8 Å². The van der Waals surface area contributed by atoms with Crippen LogP contribution in [0.1, 0.15) is 33.3 Å². The lowest BCUT2D eigenvalue weighted by molar-refractivity contribution is -0.384. The minimum atomic E-state index is -0.783. The number of benzene rings is 2. The van der Waals surface area contributed by atoms with E-state index >= 15 is 0 Å². The summed E-state index contributed by atoms with van der Waals surface area (Å²) in [7, 11) is 1.82. The fraction of sp³-hybridized carbons (Fsp3) is 0.200. The van der Waals surface area contributed by atoms with E-state index in [0.717, 1.165) is 17.3 Å². The fourth-order valence-electron chi connectivity index (χ4n) is 3.02. The van der Waals surface area contributed by atoms with E-state index < -0.39 is 16.9 Å². The van der Waals surface area contributed by atoms with Crippen molar-refractivity contribution in [2.75, 3.05) is 6.61 Å². The van der Waals surface area contributed by atoms with E-state index in [1.54, 1.807) is 32.0 Å². The van der Waals surface area contributed by atoms with E-state index in [2.05, 4.69) is 0 Å².